The molecule has 196 valence electrons. The zero-order valence-electron chi connectivity index (χ0n) is 20.9. The van der Waals surface area contributed by atoms with E-state index in [1.165, 1.54) is 31.2 Å². The number of hydrogen-bond acceptors (Lipinski definition) is 2. The molecule has 1 aliphatic rings. The van der Waals surface area contributed by atoms with E-state index in [0.29, 0.717) is 31.2 Å². The van der Waals surface area contributed by atoms with Gasteiger partial charge in [-0.1, -0.05) is 43.7 Å². The van der Waals surface area contributed by atoms with E-state index in [1.807, 2.05) is 13.0 Å². The van der Waals surface area contributed by atoms with Gasteiger partial charge in [0, 0.05) is 16.7 Å². The summed E-state index contributed by atoms with van der Waals surface area (Å²) in [7, 11) is 0. The van der Waals surface area contributed by atoms with E-state index in [9.17, 15) is 22.0 Å². The largest absolute Gasteiger partial charge is 0.490 e. The van der Waals surface area contributed by atoms with E-state index in [4.69, 9.17) is 9.47 Å². The molecule has 0 aromatic heterocycles. The van der Waals surface area contributed by atoms with Crippen LogP contribution < -0.4 is 4.74 Å². The minimum Gasteiger partial charge on any atom is -0.490 e. The molecule has 7 heteroatoms. The summed E-state index contributed by atoms with van der Waals surface area (Å²) >= 11 is 0. The Kier molecular flexibility index (Phi) is 8.64. The van der Waals surface area contributed by atoms with Crippen LogP contribution in [0.3, 0.4) is 0 Å². The Hall–Kier alpha value is -3.19. The van der Waals surface area contributed by atoms with Crippen LogP contribution in [-0.4, -0.2) is 12.7 Å². The highest BCUT2D eigenvalue weighted by molar-refractivity contribution is 5.68. The Morgan fingerprint density at radius 1 is 0.838 bits per heavy atom. The zero-order chi connectivity index (χ0) is 26.5. The molecule has 1 aliphatic carbocycles. The summed E-state index contributed by atoms with van der Waals surface area (Å²) in [5.41, 5.74) is 1.57. The standard InChI is InChI=1S/C30H29F5O2/c1-3-4-15-36-26-14-13-24(29(34)30(26)35)23-12-6-19(16-25(23)31)17-37-21-9-7-20(8-10-21)22-11-5-18(2)27(32)28(22)33/h5-7,11-14,16,21H,3-4,8-10,15,17H2,1-2H3. The molecule has 0 spiro atoms. The number of allylic oxidation sites excluding steroid dienone is 1. The molecule has 4 rings (SSSR count). The zero-order valence-corrected chi connectivity index (χ0v) is 20.9. The Bertz CT molecular complexity index is 1300. The second-order valence-corrected chi connectivity index (χ2v) is 9.25. The van der Waals surface area contributed by atoms with Crippen molar-refractivity contribution in [2.24, 2.45) is 0 Å². The molecule has 3 aromatic carbocycles. The maximum atomic E-state index is 14.8. The third kappa shape index (κ3) is 6.04. The fraction of sp³-hybridized carbons (Fsp3) is 0.333. The van der Waals surface area contributed by atoms with E-state index in [-0.39, 0.29) is 47.3 Å². The molecule has 1 unspecified atom stereocenters. The summed E-state index contributed by atoms with van der Waals surface area (Å²) in [4.78, 5) is 0. The van der Waals surface area contributed by atoms with Gasteiger partial charge in [-0.15, -0.1) is 0 Å². The molecule has 0 radical (unpaired) electrons. The summed E-state index contributed by atoms with van der Waals surface area (Å²) in [6.07, 6.45) is 4.91. The molecule has 0 fully saturated rings. The number of aryl methyl sites for hydroxylation is 1. The van der Waals surface area contributed by atoms with Gasteiger partial charge in [-0.05, 0) is 67.5 Å². The molecule has 1 atom stereocenters. The van der Waals surface area contributed by atoms with Crippen molar-refractivity contribution in [2.75, 3.05) is 6.61 Å². The fourth-order valence-corrected chi connectivity index (χ4v) is 4.36. The van der Waals surface area contributed by atoms with Gasteiger partial charge in [0.1, 0.15) is 5.82 Å². The van der Waals surface area contributed by atoms with Crippen molar-refractivity contribution in [2.45, 2.75) is 58.7 Å². The molecule has 0 aliphatic heterocycles. The number of rotatable bonds is 9. The molecule has 0 bridgehead atoms. The number of ether oxygens (including phenoxy) is 2. The highest BCUT2D eigenvalue weighted by Crippen LogP contribution is 2.34. The van der Waals surface area contributed by atoms with E-state index in [1.54, 1.807) is 18.2 Å². The van der Waals surface area contributed by atoms with Gasteiger partial charge in [0.25, 0.3) is 0 Å². The number of hydrogen-bond donors (Lipinski definition) is 0. The SMILES string of the molecule is CCCCOc1ccc(-c2ccc(COC3CC=C(c4ccc(C)c(F)c4F)CC3)cc2F)c(F)c1F. The molecule has 3 aromatic rings. The highest BCUT2D eigenvalue weighted by atomic mass is 19.2. The smallest absolute Gasteiger partial charge is 0.201 e. The molecule has 2 nitrogen and oxygen atoms in total. The summed E-state index contributed by atoms with van der Waals surface area (Å²) in [6, 6.07) is 10.0. The van der Waals surface area contributed by atoms with Gasteiger partial charge in [-0.25, -0.2) is 17.6 Å². The first-order valence-corrected chi connectivity index (χ1v) is 12.4. The second kappa shape index (κ2) is 11.9. The van der Waals surface area contributed by atoms with Gasteiger partial charge in [-0.2, -0.15) is 4.39 Å². The first-order chi connectivity index (χ1) is 17.8. The average Bonchev–Trinajstić information content (AvgIpc) is 2.90. The van der Waals surface area contributed by atoms with Crippen molar-refractivity contribution in [3.8, 4) is 16.9 Å². The van der Waals surface area contributed by atoms with Crippen LogP contribution in [0.4, 0.5) is 22.0 Å². The number of benzene rings is 3. The van der Waals surface area contributed by atoms with Crippen LogP contribution in [-0.2, 0) is 11.3 Å². The summed E-state index contributed by atoms with van der Waals surface area (Å²) in [6.45, 7) is 3.88. The minimum absolute atomic E-state index is 0.0575. The van der Waals surface area contributed by atoms with Crippen LogP contribution >= 0.6 is 0 Å². The van der Waals surface area contributed by atoms with Crippen LogP contribution in [0.25, 0.3) is 16.7 Å². The van der Waals surface area contributed by atoms with Crippen LogP contribution in [0, 0.1) is 36.0 Å². The second-order valence-electron chi connectivity index (χ2n) is 9.25. The highest BCUT2D eigenvalue weighted by Gasteiger charge is 2.21. The lowest BCUT2D eigenvalue weighted by atomic mass is 9.91. The van der Waals surface area contributed by atoms with Crippen molar-refractivity contribution < 1.29 is 31.4 Å². The Labute approximate surface area is 213 Å². The van der Waals surface area contributed by atoms with Gasteiger partial charge in [-0.3, -0.25) is 0 Å². The van der Waals surface area contributed by atoms with Gasteiger partial charge < -0.3 is 9.47 Å². The first-order valence-electron chi connectivity index (χ1n) is 12.4. The van der Waals surface area contributed by atoms with E-state index in [0.717, 1.165) is 12.0 Å². The third-order valence-corrected chi connectivity index (χ3v) is 6.60. The first kappa shape index (κ1) is 26.9. The molecular weight excluding hydrogens is 487 g/mol. The van der Waals surface area contributed by atoms with Crippen LogP contribution in [0.2, 0.25) is 0 Å². The summed E-state index contributed by atoms with van der Waals surface area (Å²) in [5, 5.41) is 0. The van der Waals surface area contributed by atoms with E-state index < -0.39 is 29.1 Å². The predicted molar refractivity (Wildman–Crippen MR) is 134 cm³/mol. The normalized spacial score (nSPS) is 15.5. The fourth-order valence-electron chi connectivity index (χ4n) is 4.36. The van der Waals surface area contributed by atoms with Gasteiger partial charge in [0.2, 0.25) is 5.82 Å². The Balaban J connectivity index is 1.39. The van der Waals surface area contributed by atoms with Crippen molar-refractivity contribution in [1.29, 1.82) is 0 Å². The van der Waals surface area contributed by atoms with Gasteiger partial charge in [0.05, 0.1) is 19.3 Å². The molecule has 0 amide bonds. The maximum Gasteiger partial charge on any atom is 0.201 e. The maximum absolute atomic E-state index is 14.8. The van der Waals surface area contributed by atoms with Gasteiger partial charge >= 0.3 is 0 Å². The molecular formula is C30H29F5O2. The third-order valence-electron chi connectivity index (χ3n) is 6.60. The lowest BCUT2D eigenvalue weighted by Crippen LogP contribution is -2.16. The summed E-state index contributed by atoms with van der Waals surface area (Å²) < 4.78 is 83.3. The monoisotopic (exact) mass is 516 g/mol. The lowest BCUT2D eigenvalue weighted by Gasteiger charge is -2.23. The van der Waals surface area contributed by atoms with Crippen molar-refractivity contribution in [3.63, 3.8) is 0 Å². The van der Waals surface area contributed by atoms with Crippen molar-refractivity contribution in [3.05, 3.63) is 94.3 Å². The topological polar surface area (TPSA) is 18.5 Å². The molecule has 37 heavy (non-hydrogen) atoms. The van der Waals surface area contributed by atoms with E-state index in [2.05, 4.69) is 0 Å². The number of unbranched alkanes of at least 4 members (excludes halogenated alkanes) is 1. The molecule has 0 N–H and O–H groups in total. The molecule has 0 heterocycles. The van der Waals surface area contributed by atoms with Crippen LogP contribution in [0.1, 0.15) is 55.7 Å². The van der Waals surface area contributed by atoms with E-state index >= 15 is 0 Å². The molecule has 0 saturated heterocycles. The predicted octanol–water partition coefficient (Wildman–Crippen LogP) is 8.69. The molecule has 0 saturated carbocycles. The van der Waals surface area contributed by atoms with Crippen molar-refractivity contribution in [1.82, 2.24) is 0 Å². The summed E-state index contributed by atoms with van der Waals surface area (Å²) in [5.74, 6) is -4.86. The minimum atomic E-state index is -1.16. The van der Waals surface area contributed by atoms with Crippen molar-refractivity contribution >= 4 is 5.57 Å². The van der Waals surface area contributed by atoms with Crippen LogP contribution in [0.5, 0.6) is 5.75 Å². The Morgan fingerprint density at radius 2 is 1.57 bits per heavy atom. The van der Waals surface area contributed by atoms with Crippen LogP contribution in [0.15, 0.2) is 48.5 Å². The Morgan fingerprint density at radius 3 is 2.27 bits per heavy atom. The number of halogens is 5. The quantitative estimate of drug-likeness (QED) is 0.209. The average molecular weight is 517 g/mol. The lowest BCUT2D eigenvalue weighted by molar-refractivity contribution is 0.0358. The van der Waals surface area contributed by atoms with Gasteiger partial charge in [0.15, 0.2) is 23.2 Å².